The second-order valence-electron chi connectivity index (χ2n) is 7.97. The average Bonchev–Trinajstić information content (AvgIpc) is 2.94. The molecule has 9 heteroatoms. The van der Waals surface area contributed by atoms with Crippen molar-refractivity contribution in [3.63, 3.8) is 0 Å². The van der Waals surface area contributed by atoms with E-state index in [-0.39, 0.29) is 17.8 Å². The molecule has 1 aromatic heterocycles. The third-order valence-electron chi connectivity index (χ3n) is 5.96. The van der Waals surface area contributed by atoms with E-state index in [1.807, 2.05) is 24.3 Å². The number of rotatable bonds is 2. The standard InChI is InChI=1S/C22H26ClN5O3/c1-15(29)28-9-3-2-4-18(21(28)30)25-22(31)27-12-10-26(11-13-27)20-7-8-24-19-14-16(23)5-6-17(19)20/h5-8,14,18H,2-4,9-13H2,1H3,(H,25,31)/t18-/m0/s1. The summed E-state index contributed by atoms with van der Waals surface area (Å²) < 4.78 is 0. The highest BCUT2D eigenvalue weighted by molar-refractivity contribution is 6.31. The highest BCUT2D eigenvalue weighted by atomic mass is 35.5. The number of carbonyl (C=O) groups is 3. The van der Waals surface area contributed by atoms with E-state index in [9.17, 15) is 14.4 Å². The van der Waals surface area contributed by atoms with E-state index in [2.05, 4.69) is 15.2 Å². The maximum atomic E-state index is 12.8. The van der Waals surface area contributed by atoms with Gasteiger partial charge in [0.1, 0.15) is 6.04 Å². The van der Waals surface area contributed by atoms with Gasteiger partial charge in [-0.15, -0.1) is 0 Å². The van der Waals surface area contributed by atoms with Crippen LogP contribution in [0.4, 0.5) is 10.5 Å². The maximum absolute atomic E-state index is 12.8. The van der Waals surface area contributed by atoms with E-state index in [4.69, 9.17) is 11.6 Å². The Hall–Kier alpha value is -2.87. The molecule has 8 nitrogen and oxygen atoms in total. The summed E-state index contributed by atoms with van der Waals surface area (Å²) in [7, 11) is 0. The van der Waals surface area contributed by atoms with E-state index in [1.54, 1.807) is 11.1 Å². The van der Waals surface area contributed by atoms with E-state index >= 15 is 0 Å². The van der Waals surface area contributed by atoms with E-state index < -0.39 is 6.04 Å². The number of pyridine rings is 1. The van der Waals surface area contributed by atoms with Gasteiger partial charge < -0.3 is 15.1 Å². The van der Waals surface area contributed by atoms with E-state index in [0.717, 1.165) is 29.4 Å². The SMILES string of the molecule is CC(=O)N1CCCC[C@H](NC(=O)N2CCN(c3ccnc4cc(Cl)ccc34)CC2)C1=O. The first kappa shape index (κ1) is 21.4. The molecular formula is C22H26ClN5O3. The fourth-order valence-electron chi connectivity index (χ4n) is 4.26. The molecule has 0 radical (unpaired) electrons. The molecule has 2 saturated heterocycles. The first-order valence-corrected chi connectivity index (χ1v) is 11.0. The summed E-state index contributed by atoms with van der Waals surface area (Å²) in [5, 5.41) is 4.53. The topological polar surface area (TPSA) is 85.8 Å². The summed E-state index contributed by atoms with van der Waals surface area (Å²) in [5.74, 6) is -0.579. The fraction of sp³-hybridized carbons (Fsp3) is 0.455. The number of aromatic nitrogens is 1. The molecule has 0 spiro atoms. The normalized spacial score (nSPS) is 20.0. The number of nitrogens with zero attached hydrogens (tertiary/aromatic N) is 4. The lowest BCUT2D eigenvalue weighted by Crippen LogP contribution is -2.56. The zero-order valence-corrected chi connectivity index (χ0v) is 18.3. The third kappa shape index (κ3) is 4.58. The summed E-state index contributed by atoms with van der Waals surface area (Å²) in [6, 6.07) is 6.75. The second kappa shape index (κ2) is 9.09. The molecule has 2 aliphatic rings. The predicted molar refractivity (Wildman–Crippen MR) is 119 cm³/mol. The minimum atomic E-state index is -0.647. The molecule has 0 bridgehead atoms. The van der Waals surface area contributed by atoms with Crippen molar-refractivity contribution >= 4 is 46.0 Å². The lowest BCUT2D eigenvalue weighted by atomic mass is 10.1. The third-order valence-corrected chi connectivity index (χ3v) is 6.19. The second-order valence-corrected chi connectivity index (χ2v) is 8.41. The van der Waals surface area contributed by atoms with Gasteiger partial charge in [0.2, 0.25) is 5.91 Å². The van der Waals surface area contributed by atoms with Gasteiger partial charge in [0, 0.05) is 61.9 Å². The number of hydrogen-bond acceptors (Lipinski definition) is 5. The Balaban J connectivity index is 1.39. The van der Waals surface area contributed by atoms with Crippen molar-refractivity contribution < 1.29 is 14.4 Å². The van der Waals surface area contributed by atoms with Crippen molar-refractivity contribution in [1.29, 1.82) is 0 Å². The summed E-state index contributed by atoms with van der Waals surface area (Å²) in [4.78, 5) is 46.8. The molecule has 0 saturated carbocycles. The van der Waals surface area contributed by atoms with Crippen LogP contribution in [0.5, 0.6) is 0 Å². The molecule has 4 amide bonds. The zero-order chi connectivity index (χ0) is 22.0. The van der Waals surface area contributed by atoms with Gasteiger partial charge in [0.05, 0.1) is 5.52 Å². The van der Waals surface area contributed by atoms with Gasteiger partial charge in [-0.05, 0) is 43.5 Å². The molecule has 4 rings (SSSR count). The largest absolute Gasteiger partial charge is 0.367 e. The molecule has 2 aromatic rings. The van der Waals surface area contributed by atoms with Crippen molar-refractivity contribution in [2.45, 2.75) is 32.2 Å². The smallest absolute Gasteiger partial charge is 0.318 e. The molecular weight excluding hydrogens is 418 g/mol. The van der Waals surface area contributed by atoms with Crippen LogP contribution in [0.25, 0.3) is 10.9 Å². The van der Waals surface area contributed by atoms with Crippen LogP contribution >= 0.6 is 11.6 Å². The van der Waals surface area contributed by atoms with Gasteiger partial charge in [-0.25, -0.2) is 4.79 Å². The molecule has 31 heavy (non-hydrogen) atoms. The number of imide groups is 1. The Morgan fingerprint density at radius 2 is 1.87 bits per heavy atom. The number of benzene rings is 1. The van der Waals surface area contributed by atoms with Crippen LogP contribution < -0.4 is 10.2 Å². The number of urea groups is 1. The van der Waals surface area contributed by atoms with Gasteiger partial charge in [0.15, 0.2) is 0 Å². The Morgan fingerprint density at radius 1 is 1.10 bits per heavy atom. The first-order valence-electron chi connectivity index (χ1n) is 10.6. The zero-order valence-electron chi connectivity index (χ0n) is 17.5. The van der Waals surface area contributed by atoms with E-state index in [0.29, 0.717) is 44.2 Å². The monoisotopic (exact) mass is 443 g/mol. The lowest BCUT2D eigenvalue weighted by molar-refractivity contribution is -0.144. The number of likely N-dealkylation sites (tertiary alicyclic amines) is 1. The number of anilines is 1. The van der Waals surface area contributed by atoms with Crippen molar-refractivity contribution in [2.24, 2.45) is 0 Å². The van der Waals surface area contributed by atoms with Gasteiger partial charge in [0.25, 0.3) is 5.91 Å². The highest BCUT2D eigenvalue weighted by Crippen LogP contribution is 2.28. The Bertz CT molecular complexity index is 1010. The molecule has 164 valence electrons. The number of hydrogen-bond donors (Lipinski definition) is 1. The minimum Gasteiger partial charge on any atom is -0.367 e. The first-order chi connectivity index (χ1) is 14.9. The summed E-state index contributed by atoms with van der Waals surface area (Å²) in [6.45, 7) is 4.24. The minimum absolute atomic E-state index is 0.255. The summed E-state index contributed by atoms with van der Waals surface area (Å²) >= 11 is 6.09. The molecule has 3 heterocycles. The van der Waals surface area contributed by atoms with Crippen molar-refractivity contribution in [3.8, 4) is 0 Å². The maximum Gasteiger partial charge on any atom is 0.318 e. The quantitative estimate of drug-likeness (QED) is 0.771. The number of piperazine rings is 1. The number of amides is 4. The van der Waals surface area contributed by atoms with Gasteiger partial charge in [-0.3, -0.25) is 19.5 Å². The molecule has 0 unspecified atom stereocenters. The number of halogens is 1. The van der Waals surface area contributed by atoms with Gasteiger partial charge in [-0.2, -0.15) is 0 Å². The Labute approximate surface area is 186 Å². The molecule has 1 N–H and O–H groups in total. The Kier molecular flexibility index (Phi) is 6.27. The van der Waals surface area contributed by atoms with Crippen LogP contribution in [0.2, 0.25) is 5.02 Å². The van der Waals surface area contributed by atoms with Crippen LogP contribution in [0.1, 0.15) is 26.2 Å². The van der Waals surface area contributed by atoms with Crippen LogP contribution in [0, 0.1) is 0 Å². The van der Waals surface area contributed by atoms with Crippen molar-refractivity contribution in [2.75, 3.05) is 37.6 Å². The van der Waals surface area contributed by atoms with Gasteiger partial charge >= 0.3 is 6.03 Å². The average molecular weight is 444 g/mol. The van der Waals surface area contributed by atoms with Gasteiger partial charge in [-0.1, -0.05) is 11.6 Å². The molecule has 2 aliphatic heterocycles. The van der Waals surface area contributed by atoms with E-state index in [1.165, 1.54) is 11.8 Å². The van der Waals surface area contributed by atoms with Crippen molar-refractivity contribution in [1.82, 2.24) is 20.1 Å². The fourth-order valence-corrected chi connectivity index (χ4v) is 4.43. The lowest BCUT2D eigenvalue weighted by Gasteiger charge is -2.37. The predicted octanol–water partition coefficient (Wildman–Crippen LogP) is 2.65. The Morgan fingerprint density at radius 3 is 2.61 bits per heavy atom. The van der Waals surface area contributed by atoms with Crippen LogP contribution in [0.3, 0.4) is 0 Å². The summed E-state index contributed by atoms with van der Waals surface area (Å²) in [6.07, 6.45) is 3.89. The molecule has 1 aromatic carbocycles. The number of nitrogens with one attached hydrogen (secondary N) is 1. The van der Waals surface area contributed by atoms with Crippen LogP contribution in [-0.2, 0) is 9.59 Å². The number of carbonyl (C=O) groups excluding carboxylic acids is 3. The van der Waals surface area contributed by atoms with Crippen LogP contribution in [0.15, 0.2) is 30.5 Å². The highest BCUT2D eigenvalue weighted by Gasteiger charge is 2.32. The molecule has 1 atom stereocenters. The number of fused-ring (bicyclic) bond motifs is 1. The summed E-state index contributed by atoms with van der Waals surface area (Å²) in [5.41, 5.74) is 1.91. The molecule has 0 aliphatic carbocycles. The molecule has 2 fully saturated rings. The van der Waals surface area contributed by atoms with Crippen molar-refractivity contribution in [3.05, 3.63) is 35.5 Å². The van der Waals surface area contributed by atoms with Crippen LogP contribution in [-0.4, -0.2) is 71.4 Å².